The van der Waals surface area contributed by atoms with E-state index >= 15 is 0 Å². The lowest BCUT2D eigenvalue weighted by atomic mass is 9.98. The summed E-state index contributed by atoms with van der Waals surface area (Å²) in [6.07, 6.45) is 2.66. The highest BCUT2D eigenvalue weighted by atomic mass is 32.2. The van der Waals surface area contributed by atoms with Gasteiger partial charge in [-0.1, -0.05) is 36.4 Å². The van der Waals surface area contributed by atoms with Gasteiger partial charge in [-0.2, -0.15) is 4.31 Å². The molecule has 1 aromatic heterocycles. The molecule has 1 unspecified atom stereocenters. The Hall–Kier alpha value is -2.97. The SMILES string of the molecule is COC(=O)c1cn(C(=O)C2CCCN(S(=O)(=O)c3ccccc3)C2)c2ccccc12. The van der Waals surface area contributed by atoms with Crippen LogP contribution in [0, 0.1) is 5.92 Å². The van der Waals surface area contributed by atoms with Gasteiger partial charge >= 0.3 is 5.97 Å². The Kier molecular flexibility index (Phi) is 5.44. The molecule has 2 heterocycles. The maximum atomic E-state index is 13.3. The van der Waals surface area contributed by atoms with Crippen LogP contribution in [0.5, 0.6) is 0 Å². The molecule has 1 aliphatic rings. The van der Waals surface area contributed by atoms with Gasteiger partial charge in [-0.05, 0) is 31.0 Å². The molecule has 7 nitrogen and oxygen atoms in total. The van der Waals surface area contributed by atoms with Gasteiger partial charge in [0, 0.05) is 24.7 Å². The molecule has 156 valence electrons. The third-order valence-electron chi connectivity index (χ3n) is 5.47. The van der Waals surface area contributed by atoms with Gasteiger partial charge in [0.2, 0.25) is 15.9 Å². The van der Waals surface area contributed by atoms with Crippen LogP contribution in [0.1, 0.15) is 28.0 Å². The first-order valence-electron chi connectivity index (χ1n) is 9.71. The van der Waals surface area contributed by atoms with E-state index in [2.05, 4.69) is 0 Å². The van der Waals surface area contributed by atoms with Crippen LogP contribution in [0.15, 0.2) is 65.7 Å². The van der Waals surface area contributed by atoms with Crippen molar-refractivity contribution in [3.8, 4) is 0 Å². The highest BCUT2D eigenvalue weighted by molar-refractivity contribution is 7.89. The van der Waals surface area contributed by atoms with Gasteiger partial charge in [-0.3, -0.25) is 9.36 Å². The summed E-state index contributed by atoms with van der Waals surface area (Å²) in [6, 6.07) is 15.3. The third kappa shape index (κ3) is 3.53. The van der Waals surface area contributed by atoms with Crippen molar-refractivity contribution >= 4 is 32.8 Å². The second-order valence-corrected chi connectivity index (χ2v) is 9.21. The Bertz CT molecular complexity index is 1200. The number of nitrogens with zero attached hydrogens (tertiary/aromatic N) is 2. The lowest BCUT2D eigenvalue weighted by Crippen LogP contribution is -2.43. The van der Waals surface area contributed by atoms with Crippen LogP contribution in [0.2, 0.25) is 0 Å². The fourth-order valence-corrected chi connectivity index (χ4v) is 5.48. The Morgan fingerprint density at radius 2 is 1.73 bits per heavy atom. The molecule has 0 amide bonds. The number of hydrogen-bond donors (Lipinski definition) is 0. The molecule has 0 N–H and O–H groups in total. The van der Waals surface area contributed by atoms with Gasteiger partial charge in [0.1, 0.15) is 0 Å². The Morgan fingerprint density at radius 3 is 2.47 bits per heavy atom. The maximum Gasteiger partial charge on any atom is 0.340 e. The van der Waals surface area contributed by atoms with Crippen LogP contribution in [-0.2, 0) is 14.8 Å². The summed E-state index contributed by atoms with van der Waals surface area (Å²) >= 11 is 0. The topological polar surface area (TPSA) is 85.7 Å². The minimum absolute atomic E-state index is 0.107. The lowest BCUT2D eigenvalue weighted by Gasteiger charge is -2.31. The van der Waals surface area contributed by atoms with E-state index in [1.807, 2.05) is 0 Å². The van der Waals surface area contributed by atoms with Crippen LogP contribution < -0.4 is 0 Å². The van der Waals surface area contributed by atoms with Crippen LogP contribution >= 0.6 is 0 Å². The number of rotatable bonds is 4. The van der Waals surface area contributed by atoms with Crippen molar-refractivity contribution in [2.75, 3.05) is 20.2 Å². The molecule has 1 aliphatic heterocycles. The van der Waals surface area contributed by atoms with Crippen LogP contribution in [0.4, 0.5) is 0 Å². The second-order valence-electron chi connectivity index (χ2n) is 7.28. The average molecular weight is 426 g/mol. The first-order chi connectivity index (χ1) is 14.4. The number of aromatic nitrogens is 1. The molecule has 2 aromatic carbocycles. The zero-order chi connectivity index (χ0) is 21.3. The number of methoxy groups -OCH3 is 1. The summed E-state index contributed by atoms with van der Waals surface area (Å²) in [5, 5.41) is 0.627. The molecule has 0 radical (unpaired) electrons. The van der Waals surface area contributed by atoms with Crippen molar-refractivity contribution in [3.05, 3.63) is 66.4 Å². The van der Waals surface area contributed by atoms with Crippen molar-refractivity contribution in [1.29, 1.82) is 0 Å². The highest BCUT2D eigenvalue weighted by Gasteiger charge is 2.34. The van der Waals surface area contributed by atoms with Crippen molar-refractivity contribution in [3.63, 3.8) is 0 Å². The number of fused-ring (bicyclic) bond motifs is 1. The summed E-state index contributed by atoms with van der Waals surface area (Å²) < 4.78 is 33.6. The van der Waals surface area contributed by atoms with E-state index in [1.54, 1.807) is 54.6 Å². The Balaban J connectivity index is 1.65. The number of ether oxygens (including phenoxy) is 1. The minimum Gasteiger partial charge on any atom is -0.465 e. The molecule has 1 saturated heterocycles. The van der Waals surface area contributed by atoms with Gasteiger partial charge in [0.25, 0.3) is 0 Å². The number of para-hydroxylation sites is 1. The quantitative estimate of drug-likeness (QED) is 0.598. The molecule has 30 heavy (non-hydrogen) atoms. The van der Waals surface area contributed by atoms with E-state index in [9.17, 15) is 18.0 Å². The number of esters is 1. The lowest BCUT2D eigenvalue weighted by molar-refractivity contribution is 0.0603. The normalized spacial score (nSPS) is 17.7. The average Bonchev–Trinajstić information content (AvgIpc) is 3.18. The van der Waals surface area contributed by atoms with Crippen molar-refractivity contribution in [2.24, 2.45) is 5.92 Å². The molecule has 0 aliphatic carbocycles. The molecular weight excluding hydrogens is 404 g/mol. The molecule has 1 fully saturated rings. The van der Waals surface area contributed by atoms with Gasteiger partial charge in [-0.25, -0.2) is 13.2 Å². The summed E-state index contributed by atoms with van der Waals surface area (Å²) in [5.74, 6) is -1.25. The number of benzene rings is 2. The predicted molar refractivity (Wildman–Crippen MR) is 112 cm³/mol. The van der Waals surface area contributed by atoms with E-state index in [0.717, 1.165) is 0 Å². The molecule has 3 aromatic rings. The zero-order valence-corrected chi connectivity index (χ0v) is 17.3. The van der Waals surface area contributed by atoms with Crippen LogP contribution in [0.25, 0.3) is 10.9 Å². The first-order valence-corrected chi connectivity index (χ1v) is 11.2. The van der Waals surface area contributed by atoms with E-state index in [-0.39, 0.29) is 17.3 Å². The number of carbonyl (C=O) groups is 2. The fraction of sp³-hybridized carbons (Fsp3) is 0.273. The summed E-state index contributed by atoms with van der Waals surface area (Å²) in [7, 11) is -2.37. The van der Waals surface area contributed by atoms with E-state index in [1.165, 1.54) is 22.2 Å². The van der Waals surface area contributed by atoms with Crippen LogP contribution in [-0.4, -0.2) is 49.4 Å². The second kappa shape index (κ2) is 8.04. The first kappa shape index (κ1) is 20.3. The number of sulfonamides is 1. The molecular formula is C22H22N2O5S. The van der Waals surface area contributed by atoms with Gasteiger partial charge in [-0.15, -0.1) is 0 Å². The third-order valence-corrected chi connectivity index (χ3v) is 7.35. The predicted octanol–water partition coefficient (Wildman–Crippen LogP) is 3.17. The number of carbonyl (C=O) groups excluding carboxylic acids is 2. The van der Waals surface area contributed by atoms with Crippen molar-refractivity contribution in [1.82, 2.24) is 8.87 Å². The van der Waals surface area contributed by atoms with Gasteiger partial charge in [0.05, 0.1) is 29.0 Å². The summed E-state index contributed by atoms with van der Waals surface area (Å²) in [6.45, 7) is 0.483. The molecule has 8 heteroatoms. The maximum absolute atomic E-state index is 13.3. The zero-order valence-electron chi connectivity index (χ0n) is 16.5. The molecule has 0 bridgehead atoms. The molecule has 4 rings (SSSR count). The number of hydrogen-bond acceptors (Lipinski definition) is 5. The monoisotopic (exact) mass is 426 g/mol. The highest BCUT2D eigenvalue weighted by Crippen LogP contribution is 2.28. The Labute approximate surface area is 174 Å². The summed E-state index contributed by atoms with van der Waals surface area (Å²) in [5.41, 5.74) is 0.914. The van der Waals surface area contributed by atoms with Crippen molar-refractivity contribution in [2.45, 2.75) is 17.7 Å². The summed E-state index contributed by atoms with van der Waals surface area (Å²) in [4.78, 5) is 25.7. The Morgan fingerprint density at radius 1 is 1.03 bits per heavy atom. The largest absolute Gasteiger partial charge is 0.465 e. The van der Waals surface area contributed by atoms with Gasteiger partial charge in [0.15, 0.2) is 0 Å². The standard InChI is InChI=1S/C22H22N2O5S/c1-29-22(26)19-15-24(20-12-6-5-11-18(19)20)21(25)16-8-7-13-23(14-16)30(27,28)17-9-3-2-4-10-17/h2-6,9-12,15-16H,7-8,13-14H2,1H3. The van der Waals surface area contributed by atoms with E-state index < -0.39 is 21.9 Å². The van der Waals surface area contributed by atoms with E-state index in [4.69, 9.17) is 4.74 Å². The van der Waals surface area contributed by atoms with Crippen molar-refractivity contribution < 1.29 is 22.7 Å². The van der Waals surface area contributed by atoms with Crippen LogP contribution in [0.3, 0.4) is 0 Å². The molecule has 0 spiro atoms. The smallest absolute Gasteiger partial charge is 0.340 e. The molecule has 1 atom stereocenters. The number of piperidine rings is 1. The minimum atomic E-state index is -3.67. The fourth-order valence-electron chi connectivity index (χ4n) is 3.94. The molecule has 0 saturated carbocycles. The van der Waals surface area contributed by atoms with E-state index in [0.29, 0.717) is 35.9 Å². The van der Waals surface area contributed by atoms with Gasteiger partial charge < -0.3 is 4.74 Å².